The summed E-state index contributed by atoms with van der Waals surface area (Å²) in [4.78, 5) is 6.91. The first-order chi connectivity index (χ1) is 8.35. The van der Waals surface area contributed by atoms with Crippen molar-refractivity contribution in [3.8, 4) is 5.88 Å². The van der Waals surface area contributed by atoms with Crippen molar-refractivity contribution in [1.29, 1.82) is 0 Å². The maximum absolute atomic E-state index is 5.19. The predicted octanol–water partition coefficient (Wildman–Crippen LogP) is 1.67. The second-order valence-electron chi connectivity index (χ2n) is 4.44. The monoisotopic (exact) mass is 235 g/mol. The standard InChI is InChI=1S/C13H21N3O/c1-14-10-11-6-3-4-9-16(11)12-7-5-8-13(15-12)17-2/h5,7-8,11,14H,3-4,6,9-10H2,1-2H3. The fraction of sp³-hybridized carbons (Fsp3) is 0.615. The van der Waals surface area contributed by atoms with E-state index in [4.69, 9.17) is 4.74 Å². The van der Waals surface area contributed by atoms with Gasteiger partial charge < -0.3 is 15.0 Å². The van der Waals surface area contributed by atoms with Crippen LogP contribution in [0.5, 0.6) is 5.88 Å². The van der Waals surface area contributed by atoms with Crippen LogP contribution in [-0.2, 0) is 0 Å². The highest BCUT2D eigenvalue weighted by Gasteiger charge is 2.22. The van der Waals surface area contributed by atoms with E-state index in [2.05, 4.69) is 21.3 Å². The number of hydrogen-bond acceptors (Lipinski definition) is 4. The van der Waals surface area contributed by atoms with E-state index < -0.39 is 0 Å². The average Bonchev–Trinajstić information content (AvgIpc) is 2.40. The number of aromatic nitrogens is 1. The van der Waals surface area contributed by atoms with Gasteiger partial charge in [-0.3, -0.25) is 0 Å². The van der Waals surface area contributed by atoms with Crippen LogP contribution in [0.15, 0.2) is 18.2 Å². The van der Waals surface area contributed by atoms with Crippen LogP contribution in [0.1, 0.15) is 19.3 Å². The molecule has 1 aliphatic rings. The van der Waals surface area contributed by atoms with E-state index in [1.165, 1.54) is 19.3 Å². The van der Waals surface area contributed by atoms with E-state index in [1.807, 2.05) is 19.2 Å². The molecule has 0 amide bonds. The Labute approximate surface area is 103 Å². The maximum atomic E-state index is 5.19. The average molecular weight is 235 g/mol. The summed E-state index contributed by atoms with van der Waals surface area (Å²) in [5.74, 6) is 1.72. The number of piperidine rings is 1. The predicted molar refractivity (Wildman–Crippen MR) is 69.7 cm³/mol. The summed E-state index contributed by atoms with van der Waals surface area (Å²) in [6, 6.07) is 6.51. The normalized spacial score (nSPS) is 20.4. The number of methoxy groups -OCH3 is 1. The van der Waals surface area contributed by atoms with Crippen LogP contribution < -0.4 is 15.0 Å². The quantitative estimate of drug-likeness (QED) is 0.861. The van der Waals surface area contributed by atoms with E-state index in [-0.39, 0.29) is 0 Å². The maximum Gasteiger partial charge on any atom is 0.214 e. The Morgan fingerprint density at radius 2 is 2.35 bits per heavy atom. The molecule has 4 nitrogen and oxygen atoms in total. The minimum Gasteiger partial charge on any atom is -0.481 e. The molecule has 2 heterocycles. The van der Waals surface area contributed by atoms with Gasteiger partial charge in [0.25, 0.3) is 0 Å². The number of likely N-dealkylation sites (N-methyl/N-ethyl adjacent to an activating group) is 1. The molecule has 1 atom stereocenters. The van der Waals surface area contributed by atoms with Gasteiger partial charge in [-0.05, 0) is 32.4 Å². The minimum absolute atomic E-state index is 0.549. The summed E-state index contributed by atoms with van der Waals surface area (Å²) in [5.41, 5.74) is 0. The van der Waals surface area contributed by atoms with Crippen LogP contribution in [0.2, 0.25) is 0 Å². The van der Waals surface area contributed by atoms with Crippen LogP contribution in [0.4, 0.5) is 5.82 Å². The topological polar surface area (TPSA) is 37.4 Å². The Hall–Kier alpha value is -1.29. The Morgan fingerprint density at radius 3 is 3.12 bits per heavy atom. The summed E-state index contributed by atoms with van der Waals surface area (Å²) in [6.07, 6.45) is 3.80. The molecule has 0 radical (unpaired) electrons. The van der Waals surface area contributed by atoms with Gasteiger partial charge in [-0.1, -0.05) is 6.07 Å². The first-order valence-electron chi connectivity index (χ1n) is 6.27. The van der Waals surface area contributed by atoms with Crippen molar-refractivity contribution in [2.24, 2.45) is 0 Å². The molecule has 0 saturated carbocycles. The zero-order valence-corrected chi connectivity index (χ0v) is 10.6. The third-order valence-electron chi connectivity index (χ3n) is 3.28. The van der Waals surface area contributed by atoms with E-state index in [9.17, 15) is 0 Å². The fourth-order valence-corrected chi connectivity index (χ4v) is 2.43. The number of ether oxygens (including phenoxy) is 1. The lowest BCUT2D eigenvalue weighted by Crippen LogP contribution is -2.45. The van der Waals surface area contributed by atoms with Crippen LogP contribution in [0.3, 0.4) is 0 Å². The molecule has 2 rings (SSSR count). The lowest BCUT2D eigenvalue weighted by molar-refractivity contribution is 0.394. The molecule has 0 spiro atoms. The number of hydrogen-bond donors (Lipinski definition) is 1. The fourth-order valence-electron chi connectivity index (χ4n) is 2.43. The van der Waals surface area contributed by atoms with Crippen molar-refractivity contribution < 1.29 is 4.74 Å². The summed E-state index contributed by atoms with van der Waals surface area (Å²) in [7, 11) is 3.67. The summed E-state index contributed by atoms with van der Waals surface area (Å²) in [6.45, 7) is 2.10. The molecule has 1 aliphatic heterocycles. The molecule has 94 valence electrons. The lowest BCUT2D eigenvalue weighted by atomic mass is 10.0. The number of nitrogens with one attached hydrogen (secondary N) is 1. The summed E-state index contributed by atoms with van der Waals surface area (Å²) < 4.78 is 5.19. The number of rotatable bonds is 4. The zero-order chi connectivity index (χ0) is 12.1. The van der Waals surface area contributed by atoms with Gasteiger partial charge in [-0.15, -0.1) is 0 Å². The molecular weight excluding hydrogens is 214 g/mol. The summed E-state index contributed by atoms with van der Waals surface area (Å²) >= 11 is 0. The zero-order valence-electron chi connectivity index (χ0n) is 10.6. The molecule has 1 aromatic rings. The molecule has 0 aliphatic carbocycles. The van der Waals surface area contributed by atoms with E-state index >= 15 is 0 Å². The van der Waals surface area contributed by atoms with Gasteiger partial charge in [0, 0.05) is 25.2 Å². The number of nitrogens with zero attached hydrogens (tertiary/aromatic N) is 2. The van der Waals surface area contributed by atoms with E-state index in [0.29, 0.717) is 11.9 Å². The van der Waals surface area contributed by atoms with Gasteiger partial charge in [-0.2, -0.15) is 4.98 Å². The first-order valence-corrected chi connectivity index (χ1v) is 6.27. The Bertz CT molecular complexity index is 354. The van der Waals surface area contributed by atoms with Crippen molar-refractivity contribution in [2.75, 3.05) is 32.1 Å². The summed E-state index contributed by atoms with van der Waals surface area (Å²) in [5, 5.41) is 3.27. The van der Waals surface area contributed by atoms with Gasteiger partial charge in [0.2, 0.25) is 5.88 Å². The Kier molecular flexibility index (Phi) is 4.20. The molecule has 1 saturated heterocycles. The van der Waals surface area contributed by atoms with Crippen molar-refractivity contribution in [1.82, 2.24) is 10.3 Å². The van der Waals surface area contributed by atoms with Crippen molar-refractivity contribution >= 4 is 5.82 Å². The third kappa shape index (κ3) is 2.88. The number of pyridine rings is 1. The van der Waals surface area contributed by atoms with Gasteiger partial charge >= 0.3 is 0 Å². The lowest BCUT2D eigenvalue weighted by Gasteiger charge is -2.36. The molecule has 1 N–H and O–H groups in total. The van der Waals surface area contributed by atoms with Crippen LogP contribution in [-0.4, -0.2) is 38.3 Å². The number of anilines is 1. The van der Waals surface area contributed by atoms with Crippen LogP contribution in [0, 0.1) is 0 Å². The third-order valence-corrected chi connectivity index (χ3v) is 3.28. The molecule has 0 bridgehead atoms. The van der Waals surface area contributed by atoms with Crippen LogP contribution in [0.25, 0.3) is 0 Å². The second-order valence-corrected chi connectivity index (χ2v) is 4.44. The molecule has 0 aromatic carbocycles. The second kappa shape index (κ2) is 5.87. The van der Waals surface area contributed by atoms with Gasteiger partial charge in [-0.25, -0.2) is 0 Å². The molecular formula is C13H21N3O. The van der Waals surface area contributed by atoms with E-state index in [1.54, 1.807) is 7.11 Å². The van der Waals surface area contributed by atoms with E-state index in [0.717, 1.165) is 18.9 Å². The Morgan fingerprint density at radius 1 is 1.47 bits per heavy atom. The van der Waals surface area contributed by atoms with Crippen LogP contribution >= 0.6 is 0 Å². The first kappa shape index (κ1) is 12.2. The SMILES string of the molecule is CNCC1CCCCN1c1cccc(OC)n1. The van der Waals surface area contributed by atoms with Gasteiger partial charge in [0.15, 0.2) is 0 Å². The highest BCUT2D eigenvalue weighted by atomic mass is 16.5. The van der Waals surface area contributed by atoms with Gasteiger partial charge in [0.05, 0.1) is 7.11 Å². The van der Waals surface area contributed by atoms with Crippen molar-refractivity contribution in [3.63, 3.8) is 0 Å². The molecule has 1 fully saturated rings. The molecule has 1 unspecified atom stereocenters. The highest BCUT2D eigenvalue weighted by molar-refractivity contribution is 5.42. The largest absolute Gasteiger partial charge is 0.481 e. The molecule has 4 heteroatoms. The van der Waals surface area contributed by atoms with Crippen molar-refractivity contribution in [3.05, 3.63) is 18.2 Å². The smallest absolute Gasteiger partial charge is 0.214 e. The molecule has 1 aromatic heterocycles. The molecule has 17 heavy (non-hydrogen) atoms. The Balaban J connectivity index is 2.16. The van der Waals surface area contributed by atoms with Gasteiger partial charge in [0.1, 0.15) is 5.82 Å². The van der Waals surface area contributed by atoms with Crippen molar-refractivity contribution in [2.45, 2.75) is 25.3 Å². The highest BCUT2D eigenvalue weighted by Crippen LogP contribution is 2.24. The minimum atomic E-state index is 0.549.